The summed E-state index contributed by atoms with van der Waals surface area (Å²) in [7, 11) is -3.11. The predicted octanol–water partition coefficient (Wildman–Crippen LogP) is 8.23. The maximum atomic E-state index is 6.39. The average molecular weight is 399 g/mol. The first-order chi connectivity index (χ1) is 12.1. The van der Waals surface area contributed by atoms with Gasteiger partial charge in [0, 0.05) is 12.8 Å². The molecule has 0 aromatic rings. The van der Waals surface area contributed by atoms with Crippen molar-refractivity contribution in [2.75, 3.05) is 0 Å². The summed E-state index contributed by atoms with van der Waals surface area (Å²) in [4.78, 5) is 0. The molecule has 0 unspecified atom stereocenters. The largest absolute Gasteiger partial charge is 0.545 e. The van der Waals surface area contributed by atoms with E-state index in [1.165, 1.54) is 75.7 Å². The van der Waals surface area contributed by atoms with Gasteiger partial charge in [0.1, 0.15) is 11.5 Å². The fraction of sp³-hybridized carbons (Fsp3) is 0.909. The molecule has 0 atom stereocenters. The summed E-state index contributed by atoms with van der Waals surface area (Å²) in [6.07, 6.45) is 16.3. The maximum Gasteiger partial charge on any atom is 0.241 e. The normalized spacial score (nSPS) is 16.4. The molecule has 0 saturated heterocycles. The fourth-order valence-corrected chi connectivity index (χ4v) is 5.58. The highest BCUT2D eigenvalue weighted by Crippen LogP contribution is 2.38. The second kappa shape index (κ2) is 11.6. The molecule has 0 heterocycles. The van der Waals surface area contributed by atoms with E-state index in [1.807, 2.05) is 0 Å². The Bertz CT molecular complexity index is 391. The van der Waals surface area contributed by atoms with Gasteiger partial charge in [0.2, 0.25) is 16.6 Å². The fourth-order valence-electron chi connectivity index (χ4n) is 3.71. The monoisotopic (exact) mass is 398 g/mol. The highest BCUT2D eigenvalue weighted by atomic mass is 28.4. The zero-order chi connectivity index (χ0) is 19.6. The molecule has 1 aliphatic rings. The first-order valence-electron chi connectivity index (χ1n) is 11.2. The molecule has 2 nitrogen and oxygen atoms in total. The molecular formula is C22H46O2Si2. The summed E-state index contributed by atoms with van der Waals surface area (Å²) in [6.45, 7) is 16.0. The van der Waals surface area contributed by atoms with Crippen LogP contribution in [0.2, 0.25) is 39.3 Å². The molecule has 26 heavy (non-hydrogen) atoms. The molecule has 0 aromatic heterocycles. The third-order valence-corrected chi connectivity index (χ3v) is 6.55. The highest BCUT2D eigenvalue weighted by molar-refractivity contribution is 6.70. The van der Waals surface area contributed by atoms with Crippen LogP contribution in [0.1, 0.15) is 84.0 Å². The molecule has 0 amide bonds. The van der Waals surface area contributed by atoms with Gasteiger partial charge in [0.05, 0.1) is 0 Å². The van der Waals surface area contributed by atoms with Crippen LogP contribution < -0.4 is 0 Å². The van der Waals surface area contributed by atoms with Gasteiger partial charge in [-0.05, 0) is 51.6 Å². The van der Waals surface area contributed by atoms with Crippen LogP contribution in [0, 0.1) is 5.92 Å². The van der Waals surface area contributed by atoms with Crippen LogP contribution in [0.4, 0.5) is 0 Å². The smallest absolute Gasteiger partial charge is 0.241 e. The third-order valence-electron chi connectivity index (χ3n) is 4.83. The van der Waals surface area contributed by atoms with E-state index in [0.717, 1.165) is 18.8 Å². The van der Waals surface area contributed by atoms with Gasteiger partial charge in [-0.1, -0.05) is 64.7 Å². The first kappa shape index (κ1) is 23.8. The number of unbranched alkanes of at least 4 members (excludes halogenated alkanes) is 8. The molecule has 1 aliphatic carbocycles. The summed E-state index contributed by atoms with van der Waals surface area (Å²) in [5.74, 6) is 3.15. The van der Waals surface area contributed by atoms with E-state index in [2.05, 4.69) is 46.2 Å². The zero-order valence-corrected chi connectivity index (χ0v) is 20.9. The van der Waals surface area contributed by atoms with E-state index in [-0.39, 0.29) is 0 Å². The quantitative estimate of drug-likeness (QED) is 0.217. The second-order valence-corrected chi connectivity index (χ2v) is 19.0. The number of hydrogen-bond donors (Lipinski definition) is 0. The molecule has 0 N–H and O–H groups in total. The van der Waals surface area contributed by atoms with Crippen molar-refractivity contribution in [1.82, 2.24) is 0 Å². The van der Waals surface area contributed by atoms with Crippen LogP contribution in [-0.4, -0.2) is 16.6 Å². The molecule has 0 aliphatic heterocycles. The molecule has 0 bridgehead atoms. The Kier molecular flexibility index (Phi) is 10.6. The summed E-state index contributed by atoms with van der Waals surface area (Å²) in [5.41, 5.74) is 0. The first-order valence-corrected chi connectivity index (χ1v) is 18.0. The Hall–Kier alpha value is -0.226. The molecule has 154 valence electrons. The van der Waals surface area contributed by atoms with E-state index in [0.29, 0.717) is 0 Å². The minimum atomic E-state index is -1.55. The predicted molar refractivity (Wildman–Crippen MR) is 120 cm³/mol. The van der Waals surface area contributed by atoms with Crippen LogP contribution in [-0.2, 0) is 8.85 Å². The van der Waals surface area contributed by atoms with E-state index in [9.17, 15) is 0 Å². The van der Waals surface area contributed by atoms with Crippen molar-refractivity contribution >= 4 is 16.6 Å². The molecule has 0 aromatic carbocycles. The lowest BCUT2D eigenvalue weighted by Crippen LogP contribution is -2.28. The van der Waals surface area contributed by atoms with Gasteiger partial charge in [0.15, 0.2) is 0 Å². The van der Waals surface area contributed by atoms with E-state index < -0.39 is 16.6 Å². The van der Waals surface area contributed by atoms with Gasteiger partial charge in [-0.15, -0.1) is 0 Å². The average Bonchev–Trinajstić information content (AvgIpc) is 2.83. The number of rotatable bonds is 14. The minimum absolute atomic E-state index is 0.747. The maximum absolute atomic E-state index is 6.39. The summed E-state index contributed by atoms with van der Waals surface area (Å²) >= 11 is 0. The minimum Gasteiger partial charge on any atom is -0.545 e. The van der Waals surface area contributed by atoms with Crippen LogP contribution in [0.5, 0.6) is 0 Å². The second-order valence-electron chi connectivity index (χ2n) is 10.2. The lowest BCUT2D eigenvalue weighted by molar-refractivity contribution is 0.344. The van der Waals surface area contributed by atoms with Gasteiger partial charge in [-0.25, -0.2) is 0 Å². The SMILES string of the molecule is CCCCCCCCCCCC1CC(O[Si](C)(C)C)=C(O[Si](C)(C)C)C1. The van der Waals surface area contributed by atoms with E-state index >= 15 is 0 Å². The molecular weight excluding hydrogens is 352 g/mol. The van der Waals surface area contributed by atoms with Crippen molar-refractivity contribution in [3.63, 3.8) is 0 Å². The number of hydrogen-bond acceptors (Lipinski definition) is 2. The van der Waals surface area contributed by atoms with Gasteiger partial charge in [0.25, 0.3) is 0 Å². The Balaban J connectivity index is 2.29. The van der Waals surface area contributed by atoms with E-state index in [1.54, 1.807) is 0 Å². The summed E-state index contributed by atoms with van der Waals surface area (Å²) < 4.78 is 12.8. The van der Waals surface area contributed by atoms with Gasteiger partial charge in [-0.3, -0.25) is 0 Å². The highest BCUT2D eigenvalue weighted by Gasteiger charge is 2.32. The van der Waals surface area contributed by atoms with Crippen molar-refractivity contribution in [3.8, 4) is 0 Å². The zero-order valence-electron chi connectivity index (χ0n) is 18.9. The topological polar surface area (TPSA) is 18.5 Å². The van der Waals surface area contributed by atoms with E-state index in [4.69, 9.17) is 8.85 Å². The van der Waals surface area contributed by atoms with Gasteiger partial charge >= 0.3 is 0 Å². The van der Waals surface area contributed by atoms with Crippen LogP contribution in [0.3, 0.4) is 0 Å². The lowest BCUT2D eigenvalue weighted by atomic mass is 9.98. The van der Waals surface area contributed by atoms with Crippen LogP contribution in [0.25, 0.3) is 0 Å². The molecule has 0 fully saturated rings. The summed E-state index contributed by atoms with van der Waals surface area (Å²) in [5, 5.41) is 0. The molecule has 1 rings (SSSR count). The third kappa shape index (κ3) is 11.5. The molecule has 4 heteroatoms. The van der Waals surface area contributed by atoms with Crippen molar-refractivity contribution in [2.24, 2.45) is 5.92 Å². The van der Waals surface area contributed by atoms with Crippen molar-refractivity contribution < 1.29 is 8.85 Å². The molecule has 0 spiro atoms. The Morgan fingerprint density at radius 1 is 0.654 bits per heavy atom. The van der Waals surface area contributed by atoms with Crippen molar-refractivity contribution in [3.05, 3.63) is 11.5 Å². The Morgan fingerprint density at radius 3 is 1.42 bits per heavy atom. The van der Waals surface area contributed by atoms with Gasteiger partial charge in [-0.2, -0.15) is 0 Å². The van der Waals surface area contributed by atoms with Crippen LogP contribution in [0.15, 0.2) is 11.5 Å². The van der Waals surface area contributed by atoms with Crippen molar-refractivity contribution in [2.45, 2.75) is 123 Å². The summed E-state index contributed by atoms with van der Waals surface area (Å²) in [6, 6.07) is 0. The van der Waals surface area contributed by atoms with Crippen molar-refractivity contribution in [1.29, 1.82) is 0 Å². The molecule has 0 radical (unpaired) electrons. The Morgan fingerprint density at radius 2 is 1.04 bits per heavy atom. The Labute approximate surface area is 166 Å². The lowest BCUT2D eigenvalue weighted by Gasteiger charge is -2.25. The van der Waals surface area contributed by atoms with Gasteiger partial charge < -0.3 is 8.85 Å². The van der Waals surface area contributed by atoms with Crippen LogP contribution >= 0.6 is 0 Å². The standard InChI is InChI=1S/C22H46O2Si2/c1-8-9-10-11-12-13-14-15-16-17-20-18-21(23-25(2,3)4)22(19-20)24-26(5,6)7/h20H,8-19H2,1-7H3. The molecule has 0 saturated carbocycles. The number of allylic oxidation sites excluding steroid dienone is 2.